The van der Waals surface area contributed by atoms with Gasteiger partial charge in [0.15, 0.2) is 11.5 Å². The minimum atomic E-state index is -0.260. The number of hydrogen-bond donors (Lipinski definition) is 1. The van der Waals surface area contributed by atoms with E-state index in [4.69, 9.17) is 21.1 Å². The third-order valence-corrected chi connectivity index (χ3v) is 6.07. The Labute approximate surface area is 169 Å². The average Bonchev–Trinajstić information content (AvgIpc) is 2.96. The van der Waals surface area contributed by atoms with Gasteiger partial charge in [-0.25, -0.2) is 4.98 Å². The molecule has 0 unspecified atom stereocenters. The molecule has 0 radical (unpaired) electrons. The molecule has 0 saturated carbocycles. The smallest absolute Gasteiger partial charge is 0.262 e. The summed E-state index contributed by atoms with van der Waals surface area (Å²) in [5, 5.41) is 3.75. The second kappa shape index (κ2) is 7.44. The van der Waals surface area contributed by atoms with E-state index in [1.54, 1.807) is 12.1 Å². The second-order valence-electron chi connectivity index (χ2n) is 6.48. The van der Waals surface area contributed by atoms with Crippen LogP contribution in [0.5, 0.6) is 11.5 Å². The molecule has 3 heterocycles. The number of ether oxygens (including phenoxy) is 2. The lowest BCUT2D eigenvalue weighted by atomic mass is 10.2. The summed E-state index contributed by atoms with van der Waals surface area (Å²) in [4.78, 5) is 31.2. The van der Waals surface area contributed by atoms with Gasteiger partial charge in [-0.15, -0.1) is 11.3 Å². The minimum Gasteiger partial charge on any atom is -0.486 e. The van der Waals surface area contributed by atoms with Crippen molar-refractivity contribution in [3.8, 4) is 11.5 Å². The maximum absolute atomic E-state index is 12.7. The standard InChI is InChI=1S/C19H18ClN3O4S/c1-10-11(2)28-18-17(10)19(25)23(9-21-18)4-3-16(24)22-13-8-15-14(7-12(13)20)26-5-6-27-15/h7-9H,3-6H2,1-2H3,(H,22,24). The SMILES string of the molecule is Cc1sc2ncn(CCC(=O)Nc3cc4c(cc3Cl)OCCO4)c(=O)c2c1C. The molecular formula is C19H18ClN3O4S. The Hall–Kier alpha value is -2.58. The van der Waals surface area contributed by atoms with Gasteiger partial charge in [0.2, 0.25) is 5.91 Å². The van der Waals surface area contributed by atoms with Crippen molar-refractivity contribution >= 4 is 44.7 Å². The molecule has 3 aromatic rings. The fourth-order valence-corrected chi connectivity index (χ4v) is 4.21. The summed E-state index contributed by atoms with van der Waals surface area (Å²) in [5.41, 5.74) is 1.26. The molecule has 0 saturated heterocycles. The number of carbonyl (C=O) groups excluding carboxylic acids is 1. The first-order chi connectivity index (χ1) is 13.4. The Kier molecular flexibility index (Phi) is 4.99. The van der Waals surface area contributed by atoms with E-state index in [0.717, 1.165) is 15.3 Å². The number of rotatable bonds is 4. The Morgan fingerprint density at radius 1 is 1.29 bits per heavy atom. The first-order valence-corrected chi connectivity index (χ1v) is 9.97. The Bertz CT molecular complexity index is 1140. The molecule has 146 valence electrons. The van der Waals surface area contributed by atoms with E-state index in [1.165, 1.54) is 22.2 Å². The highest BCUT2D eigenvalue weighted by atomic mass is 35.5. The van der Waals surface area contributed by atoms with Crippen molar-refractivity contribution in [3.63, 3.8) is 0 Å². The van der Waals surface area contributed by atoms with Crippen molar-refractivity contribution in [2.45, 2.75) is 26.8 Å². The molecule has 4 rings (SSSR count). The van der Waals surface area contributed by atoms with E-state index < -0.39 is 0 Å². The molecule has 2 aromatic heterocycles. The molecule has 1 aliphatic heterocycles. The molecule has 0 spiro atoms. The number of benzene rings is 1. The summed E-state index contributed by atoms with van der Waals surface area (Å²) < 4.78 is 12.4. The Morgan fingerprint density at radius 2 is 2.00 bits per heavy atom. The van der Waals surface area contributed by atoms with Crippen molar-refractivity contribution in [2.75, 3.05) is 18.5 Å². The lowest BCUT2D eigenvalue weighted by Crippen LogP contribution is -2.23. The molecule has 0 bridgehead atoms. The molecule has 1 aromatic carbocycles. The monoisotopic (exact) mass is 419 g/mol. The summed E-state index contributed by atoms with van der Waals surface area (Å²) in [7, 11) is 0. The van der Waals surface area contributed by atoms with Crippen LogP contribution in [0.25, 0.3) is 10.2 Å². The normalized spacial score (nSPS) is 13.0. The maximum atomic E-state index is 12.7. The van der Waals surface area contributed by atoms with Gasteiger partial charge in [-0.1, -0.05) is 11.6 Å². The number of nitrogens with zero attached hydrogens (tertiary/aromatic N) is 2. The number of carbonyl (C=O) groups is 1. The van der Waals surface area contributed by atoms with Gasteiger partial charge in [-0.2, -0.15) is 0 Å². The fourth-order valence-electron chi connectivity index (χ4n) is 3.02. The predicted molar refractivity (Wildman–Crippen MR) is 109 cm³/mol. The number of amides is 1. The van der Waals surface area contributed by atoms with Crippen molar-refractivity contribution < 1.29 is 14.3 Å². The number of halogens is 1. The van der Waals surface area contributed by atoms with Gasteiger partial charge >= 0.3 is 0 Å². The van der Waals surface area contributed by atoms with Crippen molar-refractivity contribution in [3.05, 3.63) is 44.3 Å². The van der Waals surface area contributed by atoms with Gasteiger partial charge < -0.3 is 14.8 Å². The fraction of sp³-hybridized carbons (Fsp3) is 0.316. The highest BCUT2D eigenvalue weighted by molar-refractivity contribution is 7.18. The molecule has 1 aliphatic rings. The summed E-state index contributed by atoms with van der Waals surface area (Å²) >= 11 is 7.72. The highest BCUT2D eigenvalue weighted by Gasteiger charge is 2.17. The van der Waals surface area contributed by atoms with Gasteiger partial charge in [0.25, 0.3) is 5.56 Å². The van der Waals surface area contributed by atoms with Gasteiger partial charge in [-0.05, 0) is 19.4 Å². The van der Waals surface area contributed by atoms with Crippen LogP contribution in [0.3, 0.4) is 0 Å². The van der Waals surface area contributed by atoms with E-state index in [1.807, 2.05) is 13.8 Å². The van der Waals surface area contributed by atoms with E-state index >= 15 is 0 Å². The predicted octanol–water partition coefficient (Wildman–Crippen LogP) is 3.53. The quantitative estimate of drug-likeness (QED) is 0.699. The average molecular weight is 420 g/mol. The number of aryl methyl sites for hydroxylation is 3. The van der Waals surface area contributed by atoms with Crippen LogP contribution in [0.1, 0.15) is 16.9 Å². The number of aromatic nitrogens is 2. The summed E-state index contributed by atoms with van der Waals surface area (Å²) in [6, 6.07) is 3.27. The van der Waals surface area contributed by atoms with Crippen molar-refractivity contribution in [1.29, 1.82) is 0 Å². The number of fused-ring (bicyclic) bond motifs is 2. The van der Waals surface area contributed by atoms with E-state index in [2.05, 4.69) is 10.3 Å². The number of anilines is 1. The zero-order valence-corrected chi connectivity index (χ0v) is 16.9. The highest BCUT2D eigenvalue weighted by Crippen LogP contribution is 2.38. The lowest BCUT2D eigenvalue weighted by molar-refractivity contribution is -0.116. The van der Waals surface area contributed by atoms with Crippen molar-refractivity contribution in [2.24, 2.45) is 0 Å². The zero-order valence-electron chi connectivity index (χ0n) is 15.4. The molecular weight excluding hydrogens is 402 g/mol. The summed E-state index contributed by atoms with van der Waals surface area (Å²) in [6.45, 7) is 5.02. The van der Waals surface area contributed by atoms with Crippen LogP contribution >= 0.6 is 22.9 Å². The minimum absolute atomic E-state index is 0.111. The van der Waals surface area contributed by atoms with Crippen LogP contribution in [0, 0.1) is 13.8 Å². The molecule has 28 heavy (non-hydrogen) atoms. The van der Waals surface area contributed by atoms with Gasteiger partial charge in [0.1, 0.15) is 18.0 Å². The van der Waals surface area contributed by atoms with E-state index in [0.29, 0.717) is 40.8 Å². The van der Waals surface area contributed by atoms with Gasteiger partial charge in [0, 0.05) is 30.0 Å². The number of hydrogen-bond acceptors (Lipinski definition) is 6. The van der Waals surface area contributed by atoms with Crippen LogP contribution in [0.4, 0.5) is 5.69 Å². The van der Waals surface area contributed by atoms with Gasteiger partial charge in [-0.3, -0.25) is 14.2 Å². The summed E-state index contributed by atoms with van der Waals surface area (Å²) in [6.07, 6.45) is 1.60. The van der Waals surface area contributed by atoms with Crippen LogP contribution in [0.2, 0.25) is 5.02 Å². The topological polar surface area (TPSA) is 82.5 Å². The molecule has 0 fully saturated rings. The maximum Gasteiger partial charge on any atom is 0.262 e. The number of nitrogens with one attached hydrogen (secondary N) is 1. The van der Waals surface area contributed by atoms with Crippen LogP contribution in [0.15, 0.2) is 23.3 Å². The molecule has 7 nitrogen and oxygen atoms in total. The van der Waals surface area contributed by atoms with Crippen LogP contribution in [-0.2, 0) is 11.3 Å². The lowest BCUT2D eigenvalue weighted by Gasteiger charge is -2.20. The Balaban J connectivity index is 1.48. The molecule has 0 atom stereocenters. The molecule has 1 amide bonds. The van der Waals surface area contributed by atoms with Crippen LogP contribution in [-0.4, -0.2) is 28.7 Å². The van der Waals surface area contributed by atoms with Crippen LogP contribution < -0.4 is 20.3 Å². The van der Waals surface area contributed by atoms with E-state index in [9.17, 15) is 9.59 Å². The van der Waals surface area contributed by atoms with Crippen molar-refractivity contribution in [1.82, 2.24) is 9.55 Å². The molecule has 0 aliphatic carbocycles. The second-order valence-corrected chi connectivity index (χ2v) is 8.09. The molecule has 1 N–H and O–H groups in total. The molecule has 9 heteroatoms. The number of thiophene rings is 1. The largest absolute Gasteiger partial charge is 0.486 e. The first kappa shape index (κ1) is 18.8. The van der Waals surface area contributed by atoms with Gasteiger partial charge in [0.05, 0.1) is 22.4 Å². The first-order valence-electron chi connectivity index (χ1n) is 8.78. The van der Waals surface area contributed by atoms with E-state index in [-0.39, 0.29) is 24.4 Å². The zero-order chi connectivity index (χ0) is 19.8. The third kappa shape index (κ3) is 3.45. The summed E-state index contributed by atoms with van der Waals surface area (Å²) in [5.74, 6) is 0.838. The Morgan fingerprint density at radius 3 is 2.75 bits per heavy atom. The third-order valence-electron chi connectivity index (χ3n) is 4.64.